The molecule has 0 saturated heterocycles. The van der Waals surface area contributed by atoms with Crippen LogP contribution < -0.4 is 0 Å². The molecule has 2 aromatic rings. The lowest BCUT2D eigenvalue weighted by Gasteiger charge is -2.01. The second kappa shape index (κ2) is 4.14. The Morgan fingerprint density at radius 3 is 2.87 bits per heavy atom. The fraction of sp³-hybridized carbons (Fsp3) is 0.273. The van der Waals surface area contributed by atoms with Crippen LogP contribution in [-0.4, -0.2) is 15.2 Å². The molecule has 0 bridgehead atoms. The Hall–Kier alpha value is -1.16. The van der Waals surface area contributed by atoms with Crippen molar-refractivity contribution in [3.8, 4) is 11.4 Å². The van der Waals surface area contributed by atoms with E-state index in [0.29, 0.717) is 0 Å². The van der Waals surface area contributed by atoms with Gasteiger partial charge in [0.25, 0.3) is 0 Å². The van der Waals surface area contributed by atoms with E-state index in [-0.39, 0.29) is 0 Å². The molecule has 1 N–H and O–H groups in total. The van der Waals surface area contributed by atoms with Crippen molar-refractivity contribution in [2.75, 3.05) is 0 Å². The minimum atomic E-state index is 0.769. The molecular formula is C11H12BrN3. The fourth-order valence-corrected chi connectivity index (χ4v) is 1.77. The molecule has 0 atom stereocenters. The molecule has 0 saturated carbocycles. The van der Waals surface area contributed by atoms with Crippen LogP contribution in [0.3, 0.4) is 0 Å². The summed E-state index contributed by atoms with van der Waals surface area (Å²) in [5.41, 5.74) is 2.25. The highest BCUT2D eigenvalue weighted by Gasteiger charge is 2.07. The molecule has 0 unspecified atom stereocenters. The van der Waals surface area contributed by atoms with E-state index in [1.54, 1.807) is 0 Å². The summed E-state index contributed by atoms with van der Waals surface area (Å²) in [4.78, 5) is 4.41. The standard InChI is InChI=1S/C11H12BrN3/c1-3-10-13-11(15-14-10)9-6-8(12)5-4-7(9)2/h4-6H,3H2,1-2H3,(H,13,14,15). The summed E-state index contributed by atoms with van der Waals surface area (Å²) in [6.07, 6.45) is 0.875. The number of rotatable bonds is 2. The summed E-state index contributed by atoms with van der Waals surface area (Å²) < 4.78 is 1.05. The van der Waals surface area contributed by atoms with Crippen LogP contribution in [0.2, 0.25) is 0 Å². The van der Waals surface area contributed by atoms with Gasteiger partial charge in [-0.25, -0.2) is 4.98 Å². The summed E-state index contributed by atoms with van der Waals surface area (Å²) in [7, 11) is 0. The van der Waals surface area contributed by atoms with Crippen LogP contribution in [0.4, 0.5) is 0 Å². The van der Waals surface area contributed by atoms with E-state index in [4.69, 9.17) is 0 Å². The highest BCUT2D eigenvalue weighted by Crippen LogP contribution is 2.23. The van der Waals surface area contributed by atoms with Gasteiger partial charge in [0.15, 0.2) is 5.82 Å². The number of halogens is 1. The smallest absolute Gasteiger partial charge is 0.181 e. The maximum Gasteiger partial charge on any atom is 0.181 e. The van der Waals surface area contributed by atoms with Crippen molar-refractivity contribution in [1.82, 2.24) is 15.2 Å². The number of nitrogens with zero attached hydrogens (tertiary/aromatic N) is 2. The van der Waals surface area contributed by atoms with Crippen LogP contribution >= 0.6 is 15.9 Å². The number of hydrogen-bond acceptors (Lipinski definition) is 2. The molecule has 0 radical (unpaired) electrons. The molecule has 4 heteroatoms. The van der Waals surface area contributed by atoms with E-state index in [9.17, 15) is 0 Å². The maximum absolute atomic E-state index is 4.41. The average Bonchev–Trinajstić information content (AvgIpc) is 2.70. The zero-order valence-electron chi connectivity index (χ0n) is 8.71. The van der Waals surface area contributed by atoms with E-state index in [0.717, 1.165) is 28.1 Å². The van der Waals surface area contributed by atoms with Crippen LogP contribution in [0.5, 0.6) is 0 Å². The van der Waals surface area contributed by atoms with Crippen LogP contribution in [0.1, 0.15) is 18.3 Å². The topological polar surface area (TPSA) is 41.6 Å². The summed E-state index contributed by atoms with van der Waals surface area (Å²) in [6.45, 7) is 4.11. The highest BCUT2D eigenvalue weighted by molar-refractivity contribution is 9.10. The first-order valence-electron chi connectivity index (χ1n) is 4.88. The first-order chi connectivity index (χ1) is 7.20. The summed E-state index contributed by atoms with van der Waals surface area (Å²) in [5, 5.41) is 7.13. The molecule has 0 aliphatic carbocycles. The molecule has 1 aromatic heterocycles. The SMILES string of the molecule is CCc1nc(-c2cc(Br)ccc2C)n[nH]1. The number of hydrogen-bond donors (Lipinski definition) is 1. The van der Waals surface area contributed by atoms with Gasteiger partial charge in [-0.3, -0.25) is 5.10 Å². The molecule has 0 amide bonds. The van der Waals surface area contributed by atoms with Gasteiger partial charge in [-0.1, -0.05) is 28.9 Å². The monoisotopic (exact) mass is 265 g/mol. The minimum absolute atomic E-state index is 0.769. The van der Waals surface area contributed by atoms with Crippen LogP contribution in [0.15, 0.2) is 22.7 Å². The molecule has 0 fully saturated rings. The van der Waals surface area contributed by atoms with E-state index < -0.39 is 0 Å². The summed E-state index contributed by atoms with van der Waals surface area (Å²) in [5.74, 6) is 1.69. The van der Waals surface area contributed by atoms with Crippen molar-refractivity contribution in [1.29, 1.82) is 0 Å². The van der Waals surface area contributed by atoms with Crippen molar-refractivity contribution in [2.45, 2.75) is 20.3 Å². The maximum atomic E-state index is 4.41. The third kappa shape index (κ3) is 2.09. The molecule has 1 heterocycles. The van der Waals surface area contributed by atoms with Gasteiger partial charge in [0.2, 0.25) is 0 Å². The fourth-order valence-electron chi connectivity index (χ4n) is 1.41. The molecule has 2 rings (SSSR count). The van der Waals surface area contributed by atoms with Crippen LogP contribution in [0, 0.1) is 6.92 Å². The van der Waals surface area contributed by atoms with Crippen molar-refractivity contribution < 1.29 is 0 Å². The van der Waals surface area contributed by atoms with Crippen LogP contribution in [0.25, 0.3) is 11.4 Å². The molecule has 3 nitrogen and oxygen atoms in total. The number of aryl methyl sites for hydroxylation is 2. The first-order valence-corrected chi connectivity index (χ1v) is 5.68. The summed E-state index contributed by atoms with van der Waals surface area (Å²) in [6, 6.07) is 6.12. The lowest BCUT2D eigenvalue weighted by Crippen LogP contribution is -1.86. The van der Waals surface area contributed by atoms with Crippen molar-refractivity contribution in [2.24, 2.45) is 0 Å². The average molecular weight is 266 g/mol. The number of benzene rings is 1. The molecular weight excluding hydrogens is 254 g/mol. The molecule has 0 aliphatic heterocycles. The minimum Gasteiger partial charge on any atom is -0.263 e. The molecule has 0 aliphatic rings. The Kier molecular flexibility index (Phi) is 2.86. The van der Waals surface area contributed by atoms with E-state index in [1.165, 1.54) is 5.56 Å². The molecule has 15 heavy (non-hydrogen) atoms. The van der Waals surface area contributed by atoms with Gasteiger partial charge in [0.05, 0.1) is 0 Å². The van der Waals surface area contributed by atoms with Gasteiger partial charge in [0, 0.05) is 16.5 Å². The van der Waals surface area contributed by atoms with Gasteiger partial charge in [0.1, 0.15) is 5.82 Å². The predicted octanol–water partition coefficient (Wildman–Crippen LogP) is 3.11. The number of aromatic nitrogens is 3. The Morgan fingerprint density at radius 2 is 2.20 bits per heavy atom. The number of H-pyrrole nitrogens is 1. The largest absolute Gasteiger partial charge is 0.263 e. The van der Waals surface area contributed by atoms with Gasteiger partial charge in [-0.05, 0) is 24.6 Å². The zero-order chi connectivity index (χ0) is 10.8. The Bertz CT molecular complexity index is 476. The Labute approximate surface area is 97.1 Å². The van der Waals surface area contributed by atoms with E-state index >= 15 is 0 Å². The van der Waals surface area contributed by atoms with E-state index in [2.05, 4.69) is 51.0 Å². The van der Waals surface area contributed by atoms with Crippen LogP contribution in [-0.2, 0) is 6.42 Å². The lowest BCUT2D eigenvalue weighted by molar-refractivity contribution is 0.946. The zero-order valence-corrected chi connectivity index (χ0v) is 10.3. The second-order valence-corrected chi connectivity index (χ2v) is 4.33. The Morgan fingerprint density at radius 1 is 1.40 bits per heavy atom. The first kappa shape index (κ1) is 10.4. The van der Waals surface area contributed by atoms with Gasteiger partial charge < -0.3 is 0 Å². The third-order valence-corrected chi connectivity index (χ3v) is 2.80. The van der Waals surface area contributed by atoms with Gasteiger partial charge in [-0.2, -0.15) is 5.10 Å². The van der Waals surface area contributed by atoms with E-state index in [1.807, 2.05) is 12.1 Å². The molecule has 0 spiro atoms. The van der Waals surface area contributed by atoms with Crippen molar-refractivity contribution in [3.05, 3.63) is 34.1 Å². The van der Waals surface area contributed by atoms with Gasteiger partial charge in [-0.15, -0.1) is 0 Å². The molecule has 78 valence electrons. The normalized spacial score (nSPS) is 10.6. The highest BCUT2D eigenvalue weighted by atomic mass is 79.9. The van der Waals surface area contributed by atoms with Gasteiger partial charge >= 0.3 is 0 Å². The second-order valence-electron chi connectivity index (χ2n) is 3.42. The Balaban J connectivity index is 2.48. The van der Waals surface area contributed by atoms with Crippen molar-refractivity contribution >= 4 is 15.9 Å². The number of nitrogens with one attached hydrogen (secondary N) is 1. The van der Waals surface area contributed by atoms with Crippen molar-refractivity contribution in [3.63, 3.8) is 0 Å². The quantitative estimate of drug-likeness (QED) is 0.907. The number of aromatic amines is 1. The third-order valence-electron chi connectivity index (χ3n) is 2.31. The predicted molar refractivity (Wildman–Crippen MR) is 63.6 cm³/mol. The molecule has 1 aromatic carbocycles. The summed E-state index contributed by atoms with van der Waals surface area (Å²) >= 11 is 3.45. The lowest BCUT2D eigenvalue weighted by atomic mass is 10.1.